The van der Waals surface area contributed by atoms with Gasteiger partial charge in [-0.25, -0.2) is 4.79 Å². The Hall–Kier alpha value is -2.89. The Kier molecular flexibility index (Phi) is 5.85. The summed E-state index contributed by atoms with van der Waals surface area (Å²) in [6, 6.07) is 22.1. The van der Waals surface area contributed by atoms with Gasteiger partial charge in [-0.15, -0.1) is 0 Å². The highest BCUT2D eigenvalue weighted by molar-refractivity contribution is 6.01. The smallest absolute Gasteiger partial charge is 0.319 e. The fourth-order valence-electron chi connectivity index (χ4n) is 3.54. The summed E-state index contributed by atoms with van der Waals surface area (Å²) in [4.78, 5) is 14.8. The van der Waals surface area contributed by atoms with E-state index < -0.39 is 0 Å². The number of urea groups is 1. The number of amides is 2. The van der Waals surface area contributed by atoms with Crippen LogP contribution in [0.4, 0.5) is 10.5 Å². The molecule has 1 aliphatic heterocycles. The molecule has 28 heavy (non-hydrogen) atoms. The predicted molar refractivity (Wildman–Crippen MR) is 112 cm³/mol. The van der Waals surface area contributed by atoms with E-state index in [2.05, 4.69) is 33.7 Å². The van der Waals surface area contributed by atoms with E-state index in [1.54, 1.807) is 0 Å². The molecule has 0 radical (unpaired) electrons. The summed E-state index contributed by atoms with van der Waals surface area (Å²) in [5, 5.41) is 8.07. The molecule has 2 N–H and O–H groups in total. The van der Waals surface area contributed by atoms with Gasteiger partial charge in [-0.2, -0.15) is 0 Å². The molecule has 3 aromatic rings. The molecule has 0 aliphatic carbocycles. The maximum absolute atomic E-state index is 12.4. The van der Waals surface area contributed by atoms with Crippen LogP contribution >= 0.6 is 0 Å². The standard InChI is InChI=1S/C23H25N3O2/c27-23(25-22-10-4-8-20-7-1-2-9-21(20)22)24-16-18-5-3-6-19(15-18)17-26-11-13-28-14-12-26/h1-10,15H,11-14,16-17H2,(H2,24,25,27). The quantitative estimate of drug-likeness (QED) is 0.709. The Morgan fingerprint density at radius 3 is 2.57 bits per heavy atom. The summed E-state index contributed by atoms with van der Waals surface area (Å²) in [5.41, 5.74) is 3.17. The molecule has 0 saturated carbocycles. The Labute approximate surface area is 165 Å². The van der Waals surface area contributed by atoms with Crippen molar-refractivity contribution in [3.8, 4) is 0 Å². The highest BCUT2D eigenvalue weighted by Crippen LogP contribution is 2.22. The van der Waals surface area contributed by atoms with Gasteiger partial charge in [-0.3, -0.25) is 4.90 Å². The first-order valence-corrected chi connectivity index (χ1v) is 9.68. The summed E-state index contributed by atoms with van der Waals surface area (Å²) in [6.45, 7) is 4.95. The first-order chi connectivity index (χ1) is 13.8. The second-order valence-electron chi connectivity index (χ2n) is 7.04. The SMILES string of the molecule is O=C(NCc1cccc(CN2CCOCC2)c1)Nc1cccc2ccccc12. The van der Waals surface area contributed by atoms with Gasteiger partial charge in [0.15, 0.2) is 0 Å². The number of nitrogens with zero attached hydrogens (tertiary/aromatic N) is 1. The van der Waals surface area contributed by atoms with Gasteiger partial charge in [-0.1, -0.05) is 60.7 Å². The molecule has 144 valence electrons. The number of carbonyl (C=O) groups is 1. The molecule has 4 rings (SSSR count). The van der Waals surface area contributed by atoms with Crippen molar-refractivity contribution in [2.45, 2.75) is 13.1 Å². The molecule has 2 amide bonds. The molecule has 0 unspecified atom stereocenters. The van der Waals surface area contributed by atoms with Crippen molar-refractivity contribution in [3.05, 3.63) is 77.9 Å². The summed E-state index contributed by atoms with van der Waals surface area (Å²) in [6.07, 6.45) is 0. The molecule has 1 aliphatic rings. The molecule has 0 aromatic heterocycles. The van der Waals surface area contributed by atoms with Crippen LogP contribution in [0.25, 0.3) is 10.8 Å². The third-order valence-electron chi connectivity index (χ3n) is 4.99. The van der Waals surface area contributed by atoms with Crippen molar-refractivity contribution in [2.75, 3.05) is 31.6 Å². The maximum Gasteiger partial charge on any atom is 0.319 e. The number of hydrogen-bond donors (Lipinski definition) is 2. The van der Waals surface area contributed by atoms with Crippen LogP contribution in [-0.4, -0.2) is 37.2 Å². The number of anilines is 1. The molecule has 5 nitrogen and oxygen atoms in total. The van der Waals surface area contributed by atoms with E-state index in [0.29, 0.717) is 6.54 Å². The Balaban J connectivity index is 1.35. The lowest BCUT2D eigenvalue weighted by molar-refractivity contribution is 0.0342. The number of hydrogen-bond acceptors (Lipinski definition) is 3. The van der Waals surface area contributed by atoms with Crippen LogP contribution in [0.5, 0.6) is 0 Å². The Morgan fingerprint density at radius 2 is 1.68 bits per heavy atom. The van der Waals surface area contributed by atoms with Gasteiger partial charge in [0.05, 0.1) is 18.9 Å². The Bertz CT molecular complexity index is 946. The third kappa shape index (κ3) is 4.68. The lowest BCUT2D eigenvalue weighted by atomic mass is 10.1. The molecular weight excluding hydrogens is 350 g/mol. The van der Waals surface area contributed by atoms with E-state index in [-0.39, 0.29) is 6.03 Å². The topological polar surface area (TPSA) is 53.6 Å². The van der Waals surface area contributed by atoms with Crippen molar-refractivity contribution >= 4 is 22.5 Å². The molecule has 3 aromatic carbocycles. The maximum atomic E-state index is 12.4. The van der Waals surface area contributed by atoms with E-state index in [9.17, 15) is 4.79 Å². The van der Waals surface area contributed by atoms with Crippen LogP contribution < -0.4 is 10.6 Å². The molecule has 1 fully saturated rings. The number of ether oxygens (including phenoxy) is 1. The lowest BCUT2D eigenvalue weighted by Gasteiger charge is -2.26. The second-order valence-corrected chi connectivity index (χ2v) is 7.04. The number of rotatable bonds is 5. The minimum atomic E-state index is -0.199. The molecule has 1 saturated heterocycles. The third-order valence-corrected chi connectivity index (χ3v) is 4.99. The molecule has 1 heterocycles. The van der Waals surface area contributed by atoms with Gasteiger partial charge in [-0.05, 0) is 22.6 Å². The number of benzene rings is 3. The van der Waals surface area contributed by atoms with E-state index in [1.165, 1.54) is 5.56 Å². The van der Waals surface area contributed by atoms with Crippen molar-refractivity contribution in [3.63, 3.8) is 0 Å². The van der Waals surface area contributed by atoms with Crippen LogP contribution in [0.15, 0.2) is 66.7 Å². The van der Waals surface area contributed by atoms with Crippen molar-refractivity contribution < 1.29 is 9.53 Å². The van der Waals surface area contributed by atoms with Crippen LogP contribution in [0.1, 0.15) is 11.1 Å². The minimum absolute atomic E-state index is 0.199. The first-order valence-electron chi connectivity index (χ1n) is 9.68. The summed E-state index contributed by atoms with van der Waals surface area (Å²) >= 11 is 0. The average molecular weight is 375 g/mol. The number of carbonyl (C=O) groups excluding carboxylic acids is 1. The largest absolute Gasteiger partial charge is 0.379 e. The van der Waals surface area contributed by atoms with Crippen LogP contribution in [0.3, 0.4) is 0 Å². The summed E-state index contributed by atoms with van der Waals surface area (Å²) in [7, 11) is 0. The monoisotopic (exact) mass is 375 g/mol. The molecule has 0 atom stereocenters. The van der Waals surface area contributed by atoms with Crippen LogP contribution in [0.2, 0.25) is 0 Å². The van der Waals surface area contributed by atoms with E-state index in [0.717, 1.165) is 54.9 Å². The number of fused-ring (bicyclic) bond motifs is 1. The van der Waals surface area contributed by atoms with Crippen LogP contribution in [0, 0.1) is 0 Å². The number of nitrogens with one attached hydrogen (secondary N) is 2. The van der Waals surface area contributed by atoms with Crippen molar-refractivity contribution in [1.29, 1.82) is 0 Å². The predicted octanol–water partition coefficient (Wildman–Crippen LogP) is 3.99. The summed E-state index contributed by atoms with van der Waals surface area (Å²) < 4.78 is 5.41. The fourth-order valence-corrected chi connectivity index (χ4v) is 3.54. The minimum Gasteiger partial charge on any atom is -0.379 e. The van der Waals surface area contributed by atoms with Gasteiger partial charge in [0, 0.05) is 31.6 Å². The first kappa shape index (κ1) is 18.5. The van der Waals surface area contributed by atoms with Crippen molar-refractivity contribution in [1.82, 2.24) is 10.2 Å². The lowest BCUT2D eigenvalue weighted by Crippen LogP contribution is -2.35. The molecular formula is C23H25N3O2. The zero-order valence-electron chi connectivity index (χ0n) is 15.9. The normalized spacial score (nSPS) is 14.7. The molecule has 0 spiro atoms. The zero-order chi connectivity index (χ0) is 19.2. The summed E-state index contributed by atoms with van der Waals surface area (Å²) in [5.74, 6) is 0. The number of morpholine rings is 1. The molecule has 5 heteroatoms. The van der Waals surface area contributed by atoms with Crippen molar-refractivity contribution in [2.24, 2.45) is 0 Å². The van der Waals surface area contributed by atoms with Gasteiger partial charge >= 0.3 is 6.03 Å². The average Bonchev–Trinajstić information content (AvgIpc) is 2.74. The van der Waals surface area contributed by atoms with E-state index in [4.69, 9.17) is 4.74 Å². The fraction of sp³-hybridized carbons (Fsp3) is 0.261. The molecule has 0 bridgehead atoms. The van der Waals surface area contributed by atoms with Crippen LogP contribution in [-0.2, 0) is 17.8 Å². The van der Waals surface area contributed by atoms with Gasteiger partial charge in [0.25, 0.3) is 0 Å². The van der Waals surface area contributed by atoms with Gasteiger partial charge < -0.3 is 15.4 Å². The second kappa shape index (κ2) is 8.87. The van der Waals surface area contributed by atoms with Gasteiger partial charge in [0.2, 0.25) is 0 Å². The highest BCUT2D eigenvalue weighted by atomic mass is 16.5. The Morgan fingerprint density at radius 1 is 0.929 bits per heavy atom. The zero-order valence-corrected chi connectivity index (χ0v) is 15.9. The highest BCUT2D eigenvalue weighted by Gasteiger charge is 2.11. The van der Waals surface area contributed by atoms with Gasteiger partial charge in [0.1, 0.15) is 0 Å². The van der Waals surface area contributed by atoms with E-state index in [1.807, 2.05) is 48.5 Å². The van der Waals surface area contributed by atoms with E-state index >= 15 is 0 Å².